The number of hydrogen-bond acceptors (Lipinski definition) is 4. The molecule has 4 N–H and O–H groups in total. The Labute approximate surface area is 182 Å². The average molecular weight is 424 g/mol. The average Bonchev–Trinajstić information content (AvgIpc) is 2.79. The number of anilines is 1. The van der Waals surface area contributed by atoms with E-state index in [9.17, 15) is 19.5 Å². The molecule has 3 rings (SSSR count). The number of phenolic OH excluding ortho intramolecular Hbond substituents is 1. The highest BCUT2D eigenvalue weighted by molar-refractivity contribution is 5.97. The molecule has 3 amide bonds. The van der Waals surface area contributed by atoms with Crippen LogP contribution in [-0.4, -0.2) is 35.9 Å². The van der Waals surface area contributed by atoms with Crippen molar-refractivity contribution in [2.75, 3.05) is 18.4 Å². The van der Waals surface area contributed by atoms with Crippen molar-refractivity contribution in [1.82, 2.24) is 10.6 Å². The molecule has 164 valence electrons. The number of hydrogen-bond donors (Lipinski definition) is 4. The minimum absolute atomic E-state index is 0.0275. The van der Waals surface area contributed by atoms with Gasteiger partial charge in [-0.05, 0) is 55.7 Å². The predicted molar refractivity (Wildman–Crippen MR) is 119 cm³/mol. The zero-order valence-corrected chi connectivity index (χ0v) is 17.5. The van der Waals surface area contributed by atoms with Crippen molar-refractivity contribution >= 4 is 23.4 Å². The Morgan fingerprint density at radius 1 is 0.839 bits per heavy atom. The second-order valence-electron chi connectivity index (χ2n) is 7.82. The van der Waals surface area contributed by atoms with Gasteiger partial charge in [-0.3, -0.25) is 14.4 Å². The summed E-state index contributed by atoms with van der Waals surface area (Å²) in [6, 6.07) is 13.1. The van der Waals surface area contributed by atoms with Gasteiger partial charge in [0.15, 0.2) is 0 Å². The van der Waals surface area contributed by atoms with Crippen LogP contribution in [0.1, 0.15) is 59.2 Å². The Hall–Kier alpha value is -3.35. The zero-order valence-electron chi connectivity index (χ0n) is 17.5. The predicted octanol–water partition coefficient (Wildman–Crippen LogP) is 3.46. The third-order valence-electron chi connectivity index (χ3n) is 5.40. The first kappa shape index (κ1) is 22.3. The summed E-state index contributed by atoms with van der Waals surface area (Å²) >= 11 is 0. The largest absolute Gasteiger partial charge is 0.508 e. The van der Waals surface area contributed by atoms with Crippen LogP contribution in [-0.2, 0) is 4.79 Å². The first-order valence-corrected chi connectivity index (χ1v) is 10.8. The van der Waals surface area contributed by atoms with Crippen LogP contribution in [0.4, 0.5) is 5.69 Å². The van der Waals surface area contributed by atoms with Crippen molar-refractivity contribution in [3.63, 3.8) is 0 Å². The summed E-state index contributed by atoms with van der Waals surface area (Å²) in [5.41, 5.74) is 1.49. The zero-order chi connectivity index (χ0) is 22.1. The number of phenols is 1. The molecule has 31 heavy (non-hydrogen) atoms. The minimum atomic E-state index is -0.274. The summed E-state index contributed by atoms with van der Waals surface area (Å²) in [6.45, 7) is 0.796. The van der Waals surface area contributed by atoms with Crippen LogP contribution in [0.5, 0.6) is 5.75 Å². The summed E-state index contributed by atoms with van der Waals surface area (Å²) in [4.78, 5) is 36.8. The summed E-state index contributed by atoms with van der Waals surface area (Å²) in [6.07, 6.45) is 5.79. The van der Waals surface area contributed by atoms with Crippen LogP contribution < -0.4 is 16.0 Å². The molecule has 0 aromatic heterocycles. The van der Waals surface area contributed by atoms with E-state index in [1.54, 1.807) is 36.4 Å². The fraction of sp³-hybridized carbons (Fsp3) is 0.375. The molecule has 0 saturated heterocycles. The number of nitrogens with one attached hydrogen (secondary N) is 3. The number of benzene rings is 2. The third kappa shape index (κ3) is 6.84. The van der Waals surface area contributed by atoms with Gasteiger partial charge in [0, 0.05) is 35.8 Å². The third-order valence-corrected chi connectivity index (χ3v) is 5.40. The lowest BCUT2D eigenvalue weighted by Crippen LogP contribution is -2.30. The van der Waals surface area contributed by atoms with Crippen molar-refractivity contribution in [3.8, 4) is 5.75 Å². The standard InChI is InChI=1S/C24H29N3O4/c28-21-12-5-10-19(16-21)23(30)26-14-6-13-25-22(29)18-9-4-11-20(15-18)27-24(31)17-7-2-1-3-8-17/h4-5,9-12,15-17,28H,1-3,6-8,13-14H2,(H,25,29)(H,26,30)(H,27,31). The first-order chi connectivity index (χ1) is 15.0. The lowest BCUT2D eigenvalue weighted by Gasteiger charge is -2.20. The van der Waals surface area contributed by atoms with Gasteiger partial charge in [0.05, 0.1) is 0 Å². The molecular formula is C24H29N3O4. The molecule has 7 nitrogen and oxygen atoms in total. The van der Waals surface area contributed by atoms with Crippen LogP contribution in [0.15, 0.2) is 48.5 Å². The van der Waals surface area contributed by atoms with Crippen molar-refractivity contribution in [1.29, 1.82) is 0 Å². The van der Waals surface area contributed by atoms with Crippen LogP contribution in [0, 0.1) is 5.92 Å². The summed E-state index contributed by atoms with van der Waals surface area (Å²) in [7, 11) is 0. The van der Waals surface area contributed by atoms with Gasteiger partial charge in [-0.1, -0.05) is 31.4 Å². The van der Waals surface area contributed by atoms with Gasteiger partial charge in [0.25, 0.3) is 11.8 Å². The fourth-order valence-corrected chi connectivity index (χ4v) is 3.69. The van der Waals surface area contributed by atoms with E-state index >= 15 is 0 Å². The molecule has 0 radical (unpaired) electrons. The summed E-state index contributed by atoms with van der Waals surface area (Å²) in [5, 5.41) is 17.9. The molecule has 2 aromatic rings. The molecule has 0 heterocycles. The highest BCUT2D eigenvalue weighted by Crippen LogP contribution is 2.25. The van der Waals surface area contributed by atoms with E-state index < -0.39 is 0 Å². The summed E-state index contributed by atoms with van der Waals surface area (Å²) < 4.78 is 0. The van der Waals surface area contributed by atoms with Gasteiger partial charge < -0.3 is 21.1 Å². The van der Waals surface area contributed by atoms with Gasteiger partial charge >= 0.3 is 0 Å². The fourth-order valence-electron chi connectivity index (χ4n) is 3.69. The Morgan fingerprint density at radius 2 is 1.45 bits per heavy atom. The maximum absolute atomic E-state index is 12.4. The minimum Gasteiger partial charge on any atom is -0.508 e. The van der Waals surface area contributed by atoms with E-state index in [1.807, 2.05) is 0 Å². The first-order valence-electron chi connectivity index (χ1n) is 10.8. The van der Waals surface area contributed by atoms with Crippen LogP contribution in [0.3, 0.4) is 0 Å². The van der Waals surface area contributed by atoms with Gasteiger partial charge in [-0.25, -0.2) is 0 Å². The SMILES string of the molecule is O=C(NCCCNC(=O)c1cccc(NC(=O)C2CCCCC2)c1)c1cccc(O)c1. The van der Waals surface area contributed by atoms with E-state index in [0.717, 1.165) is 25.7 Å². The molecule has 2 aromatic carbocycles. The van der Waals surface area contributed by atoms with E-state index in [-0.39, 0.29) is 29.4 Å². The molecule has 0 atom stereocenters. The number of aromatic hydroxyl groups is 1. The van der Waals surface area contributed by atoms with Crippen molar-refractivity contribution in [2.45, 2.75) is 38.5 Å². The van der Waals surface area contributed by atoms with Crippen LogP contribution in [0.2, 0.25) is 0 Å². The van der Waals surface area contributed by atoms with Crippen LogP contribution >= 0.6 is 0 Å². The van der Waals surface area contributed by atoms with Crippen molar-refractivity contribution < 1.29 is 19.5 Å². The highest BCUT2D eigenvalue weighted by atomic mass is 16.3. The van der Waals surface area contributed by atoms with Crippen LogP contribution in [0.25, 0.3) is 0 Å². The molecule has 1 aliphatic rings. The molecule has 1 fully saturated rings. The van der Waals surface area contributed by atoms with E-state index in [1.165, 1.54) is 18.6 Å². The Balaban J connectivity index is 1.40. The van der Waals surface area contributed by atoms with E-state index in [2.05, 4.69) is 16.0 Å². The quantitative estimate of drug-likeness (QED) is 0.488. The topological polar surface area (TPSA) is 108 Å². The Bertz CT molecular complexity index is 923. The number of carbonyl (C=O) groups excluding carboxylic acids is 3. The van der Waals surface area contributed by atoms with Crippen molar-refractivity contribution in [3.05, 3.63) is 59.7 Å². The lowest BCUT2D eigenvalue weighted by atomic mass is 9.88. The molecule has 0 unspecified atom stereocenters. The molecule has 7 heteroatoms. The van der Waals surface area contributed by atoms with Gasteiger partial charge in [-0.2, -0.15) is 0 Å². The lowest BCUT2D eigenvalue weighted by molar-refractivity contribution is -0.120. The monoisotopic (exact) mass is 423 g/mol. The maximum atomic E-state index is 12.4. The second-order valence-corrected chi connectivity index (χ2v) is 7.82. The van der Waals surface area contributed by atoms with Gasteiger partial charge in [0.1, 0.15) is 5.75 Å². The van der Waals surface area contributed by atoms with Gasteiger partial charge in [0.2, 0.25) is 5.91 Å². The molecular weight excluding hydrogens is 394 g/mol. The maximum Gasteiger partial charge on any atom is 0.251 e. The van der Waals surface area contributed by atoms with Crippen molar-refractivity contribution in [2.24, 2.45) is 5.92 Å². The molecule has 0 spiro atoms. The smallest absolute Gasteiger partial charge is 0.251 e. The Kier molecular flexibility index (Phi) is 8.04. The molecule has 0 bridgehead atoms. The molecule has 0 aliphatic heterocycles. The summed E-state index contributed by atoms with van der Waals surface area (Å²) in [5.74, 6) is -0.380. The molecule has 1 aliphatic carbocycles. The Morgan fingerprint density at radius 3 is 2.10 bits per heavy atom. The van der Waals surface area contributed by atoms with E-state index in [0.29, 0.717) is 36.3 Å². The van der Waals surface area contributed by atoms with Gasteiger partial charge in [-0.15, -0.1) is 0 Å². The van der Waals surface area contributed by atoms with E-state index in [4.69, 9.17) is 0 Å². The number of rotatable bonds is 8. The normalized spacial score (nSPS) is 13.9. The highest BCUT2D eigenvalue weighted by Gasteiger charge is 2.21. The second kappa shape index (κ2) is 11.2. The number of carbonyl (C=O) groups is 3. The number of amides is 3. The molecule has 1 saturated carbocycles.